The number of fused-ring (bicyclic) bond motifs is 1. The van der Waals surface area contributed by atoms with E-state index >= 15 is 0 Å². The van der Waals surface area contributed by atoms with Gasteiger partial charge in [-0.25, -0.2) is 0 Å². The fourth-order valence-electron chi connectivity index (χ4n) is 6.30. The lowest BCUT2D eigenvalue weighted by Crippen LogP contribution is -2.58. The van der Waals surface area contributed by atoms with Crippen molar-refractivity contribution in [2.75, 3.05) is 26.2 Å². The molecule has 3 rings (SSSR count). The summed E-state index contributed by atoms with van der Waals surface area (Å²) >= 11 is 0. The first-order valence-corrected chi connectivity index (χ1v) is 13.7. The van der Waals surface area contributed by atoms with Crippen LogP contribution < -0.4 is 5.32 Å². The maximum absolute atomic E-state index is 14.0. The van der Waals surface area contributed by atoms with E-state index in [-0.39, 0.29) is 43.5 Å². The van der Waals surface area contributed by atoms with E-state index in [0.29, 0.717) is 32.2 Å². The highest BCUT2D eigenvalue weighted by Gasteiger charge is 2.75. The number of hydrogen-bond acceptors (Lipinski definition) is 7. The molecule has 10 heteroatoms. The van der Waals surface area contributed by atoms with E-state index in [0.717, 1.165) is 12.8 Å². The lowest BCUT2D eigenvalue weighted by molar-refractivity contribution is -0.159. The van der Waals surface area contributed by atoms with Crippen LogP contribution in [0.1, 0.15) is 59.3 Å². The van der Waals surface area contributed by atoms with Crippen molar-refractivity contribution in [3.8, 4) is 0 Å². The van der Waals surface area contributed by atoms with Gasteiger partial charge in [0, 0.05) is 25.6 Å². The van der Waals surface area contributed by atoms with Gasteiger partial charge in [-0.1, -0.05) is 25.5 Å². The van der Waals surface area contributed by atoms with Gasteiger partial charge in [-0.2, -0.15) is 0 Å². The lowest BCUT2D eigenvalue weighted by atomic mass is 9.70. The van der Waals surface area contributed by atoms with Gasteiger partial charge in [0.25, 0.3) is 0 Å². The van der Waals surface area contributed by atoms with Gasteiger partial charge >= 0.3 is 5.97 Å². The number of esters is 1. The highest BCUT2D eigenvalue weighted by molar-refractivity contribution is 5.98. The smallest absolute Gasteiger partial charge is 0.312 e. The molecule has 0 saturated carbocycles. The van der Waals surface area contributed by atoms with E-state index < -0.39 is 41.7 Å². The highest BCUT2D eigenvalue weighted by atomic mass is 16.6. The topological polar surface area (TPSA) is 125 Å². The lowest BCUT2D eigenvalue weighted by Gasteiger charge is -2.38. The van der Waals surface area contributed by atoms with E-state index in [9.17, 15) is 24.3 Å². The zero-order valence-electron chi connectivity index (χ0n) is 22.9. The number of allylic oxidation sites excluding steroid dienone is 1. The predicted octanol–water partition coefficient (Wildman–Crippen LogP) is 1.57. The summed E-state index contributed by atoms with van der Waals surface area (Å²) in [5.41, 5.74) is -1.15. The molecule has 212 valence electrons. The summed E-state index contributed by atoms with van der Waals surface area (Å²) in [5, 5.41) is 12.5. The molecule has 3 saturated heterocycles. The van der Waals surface area contributed by atoms with Crippen LogP contribution in [0.3, 0.4) is 0 Å². The summed E-state index contributed by atoms with van der Waals surface area (Å²) in [6.07, 6.45) is 5.72. The van der Waals surface area contributed by atoms with Crippen LogP contribution in [0.5, 0.6) is 0 Å². The molecule has 1 spiro atoms. The Morgan fingerprint density at radius 3 is 2.68 bits per heavy atom. The van der Waals surface area contributed by atoms with Crippen LogP contribution in [0.15, 0.2) is 25.3 Å². The van der Waals surface area contributed by atoms with E-state index in [1.807, 2.05) is 13.8 Å². The maximum atomic E-state index is 14.0. The van der Waals surface area contributed by atoms with Gasteiger partial charge in [-0.3, -0.25) is 19.2 Å². The minimum Gasteiger partial charge on any atom is -0.460 e. The molecule has 3 aliphatic heterocycles. The molecule has 3 amide bonds. The average molecular weight is 534 g/mol. The Hall–Kier alpha value is -2.72. The number of β-amino-alcohol motifs (C(OH)–C–C–N with tert-alkyl or cyclic N) is 1. The Morgan fingerprint density at radius 1 is 1.32 bits per heavy atom. The molecule has 0 aromatic heterocycles. The molecule has 2 bridgehead atoms. The first-order valence-electron chi connectivity index (χ1n) is 13.7. The van der Waals surface area contributed by atoms with Gasteiger partial charge in [0.15, 0.2) is 0 Å². The molecular formula is C28H43N3O7. The van der Waals surface area contributed by atoms with Gasteiger partial charge in [0.05, 0.1) is 31.1 Å². The fourth-order valence-corrected chi connectivity index (χ4v) is 6.30. The van der Waals surface area contributed by atoms with Crippen LogP contribution in [0.2, 0.25) is 0 Å². The number of aliphatic hydroxyl groups is 1. The Balaban J connectivity index is 1.82. The van der Waals surface area contributed by atoms with Crippen molar-refractivity contribution in [2.24, 2.45) is 11.8 Å². The molecule has 0 radical (unpaired) electrons. The first-order chi connectivity index (χ1) is 18.2. The number of nitrogens with one attached hydrogen (secondary N) is 1. The number of likely N-dealkylation sites (tertiary alicyclic amines) is 1. The first kappa shape index (κ1) is 29.8. The highest BCUT2D eigenvalue weighted by Crippen LogP contribution is 2.58. The Morgan fingerprint density at radius 2 is 2.05 bits per heavy atom. The molecule has 1 unspecified atom stereocenters. The molecular weight excluding hydrogens is 490 g/mol. The van der Waals surface area contributed by atoms with Crippen molar-refractivity contribution < 1.29 is 33.8 Å². The SMILES string of the molecule is C=CCCC(=O)NC[C@@H](C)OC(=O)[C@@H]1[C@H]2C(=O)N(CCO)[C@H](C(=O)N(CC=C)C(C)CCC)[C@]23CC[C@H]1O3. The zero-order valence-corrected chi connectivity index (χ0v) is 22.9. The summed E-state index contributed by atoms with van der Waals surface area (Å²) in [7, 11) is 0. The van der Waals surface area contributed by atoms with Gasteiger partial charge in [0.2, 0.25) is 17.7 Å². The molecule has 0 aliphatic carbocycles. The molecule has 3 heterocycles. The van der Waals surface area contributed by atoms with Crippen molar-refractivity contribution in [3.05, 3.63) is 25.3 Å². The summed E-state index contributed by atoms with van der Waals surface area (Å²) in [4.78, 5) is 56.2. The van der Waals surface area contributed by atoms with E-state index in [1.54, 1.807) is 24.0 Å². The third-order valence-corrected chi connectivity index (χ3v) is 7.97. The van der Waals surface area contributed by atoms with Crippen molar-refractivity contribution in [1.29, 1.82) is 0 Å². The molecule has 38 heavy (non-hydrogen) atoms. The molecule has 0 aromatic rings. The minimum atomic E-state index is -1.15. The summed E-state index contributed by atoms with van der Waals surface area (Å²) in [6, 6.07) is -1.01. The number of aliphatic hydroxyl groups excluding tert-OH is 1. The molecule has 0 aromatic carbocycles. The third kappa shape index (κ3) is 5.66. The number of rotatable bonds is 15. The van der Waals surface area contributed by atoms with Crippen LogP contribution in [0.25, 0.3) is 0 Å². The third-order valence-electron chi connectivity index (χ3n) is 7.97. The standard InChI is InChI=1S/C28H43N3O7/c1-6-9-11-21(33)29-17-19(5)37-27(36)22-20-12-13-28(38-20)23(22)25(34)31(15-16-32)24(28)26(35)30(14-8-3)18(4)10-7-2/h6,8,18-20,22-24,32H,1,3,7,9-17H2,2,4-5H3,(H,29,33)/t18?,19-,20-,22+,23+,24-,28+/m1/s1. The number of ether oxygens (including phenoxy) is 2. The largest absolute Gasteiger partial charge is 0.460 e. The van der Waals surface area contributed by atoms with E-state index in [4.69, 9.17) is 9.47 Å². The van der Waals surface area contributed by atoms with Gasteiger partial charge in [-0.15, -0.1) is 13.2 Å². The fraction of sp³-hybridized carbons (Fsp3) is 0.714. The second kappa shape index (κ2) is 12.9. The van der Waals surface area contributed by atoms with Gasteiger partial charge in [0.1, 0.15) is 17.7 Å². The minimum absolute atomic E-state index is 0.0273. The zero-order chi connectivity index (χ0) is 28.0. The van der Waals surface area contributed by atoms with Crippen molar-refractivity contribution in [2.45, 2.75) is 89.2 Å². The quantitative estimate of drug-likeness (QED) is 0.242. The second-order valence-electron chi connectivity index (χ2n) is 10.6. The Kier molecular flexibility index (Phi) is 10.1. The number of amides is 3. The Bertz CT molecular complexity index is 924. The summed E-state index contributed by atoms with van der Waals surface area (Å²) in [5.74, 6) is -3.06. The maximum Gasteiger partial charge on any atom is 0.312 e. The Labute approximate surface area is 225 Å². The number of hydrogen-bond donors (Lipinski definition) is 2. The van der Waals surface area contributed by atoms with Gasteiger partial charge < -0.3 is 29.7 Å². The van der Waals surface area contributed by atoms with Crippen molar-refractivity contribution in [3.63, 3.8) is 0 Å². The van der Waals surface area contributed by atoms with E-state index in [1.165, 1.54) is 4.90 Å². The molecule has 3 aliphatic rings. The molecule has 2 N–H and O–H groups in total. The molecule has 10 nitrogen and oxygen atoms in total. The number of carbonyl (C=O) groups is 4. The van der Waals surface area contributed by atoms with Crippen LogP contribution in [-0.2, 0) is 28.7 Å². The van der Waals surface area contributed by atoms with E-state index in [2.05, 4.69) is 18.5 Å². The molecule has 3 fully saturated rings. The monoisotopic (exact) mass is 533 g/mol. The van der Waals surface area contributed by atoms with Gasteiger partial charge in [-0.05, 0) is 39.5 Å². The van der Waals surface area contributed by atoms with Crippen molar-refractivity contribution >= 4 is 23.7 Å². The number of carbonyl (C=O) groups excluding carboxylic acids is 4. The van der Waals surface area contributed by atoms with Crippen LogP contribution in [0.4, 0.5) is 0 Å². The summed E-state index contributed by atoms with van der Waals surface area (Å²) < 4.78 is 12.1. The average Bonchev–Trinajstić information content (AvgIpc) is 3.52. The number of nitrogens with zero attached hydrogens (tertiary/aromatic N) is 2. The second-order valence-corrected chi connectivity index (χ2v) is 10.6. The molecule has 7 atom stereocenters. The predicted molar refractivity (Wildman–Crippen MR) is 141 cm³/mol. The van der Waals surface area contributed by atoms with Crippen molar-refractivity contribution in [1.82, 2.24) is 15.1 Å². The van der Waals surface area contributed by atoms with Crippen LogP contribution in [0, 0.1) is 11.8 Å². The van der Waals surface area contributed by atoms with Crippen LogP contribution >= 0.6 is 0 Å². The van der Waals surface area contributed by atoms with Crippen LogP contribution in [-0.4, -0.2) is 94.7 Å². The summed E-state index contributed by atoms with van der Waals surface area (Å²) in [6.45, 7) is 13.2. The normalized spacial score (nSPS) is 28.9.